The first-order valence-electron chi connectivity index (χ1n) is 13.3. The molecule has 0 radical (unpaired) electrons. The molecular weight excluding hydrogens is 693 g/mol. The van der Waals surface area contributed by atoms with Crippen molar-refractivity contribution in [1.82, 2.24) is 0 Å². The first-order valence-corrected chi connectivity index (χ1v) is 19.5. The smallest absolute Gasteiger partial charge is 0.00675 e. The summed E-state index contributed by atoms with van der Waals surface area (Å²) in [5, 5.41) is 8.43. The first kappa shape index (κ1) is 31.3. The van der Waals surface area contributed by atoms with Crippen LogP contribution in [0, 0.1) is 13.0 Å². The van der Waals surface area contributed by atoms with E-state index in [0.29, 0.717) is 0 Å². The number of rotatable bonds is 6. The van der Waals surface area contributed by atoms with Crippen molar-refractivity contribution in [3.05, 3.63) is 181 Å². The van der Waals surface area contributed by atoms with E-state index in [4.69, 9.17) is 0 Å². The SMILES string of the molecule is Cc1[c-]cccc1.[Br][Pd+].c1ccc(P(c2ccccc2)c2ccccc2P(c2ccccc2)c2ccccc2)cc1. The van der Waals surface area contributed by atoms with Gasteiger partial charge in [-0.2, -0.15) is 35.9 Å². The van der Waals surface area contributed by atoms with Crippen molar-refractivity contribution in [2.45, 2.75) is 6.92 Å². The van der Waals surface area contributed by atoms with Crippen LogP contribution in [-0.2, 0) is 17.2 Å². The minimum atomic E-state index is -0.664. The molecule has 0 saturated heterocycles. The minimum absolute atomic E-state index is 0.664. The summed E-state index contributed by atoms with van der Waals surface area (Å²) in [6, 6.07) is 64.0. The maximum absolute atomic E-state index is 3.03. The molecule has 0 unspecified atom stereocenters. The molecule has 0 heterocycles. The topological polar surface area (TPSA) is 0 Å². The molecule has 0 nitrogen and oxygen atoms in total. The molecule has 0 amide bonds. The van der Waals surface area contributed by atoms with Crippen LogP contribution in [0.25, 0.3) is 0 Å². The molecule has 0 aromatic heterocycles. The number of halogens is 1. The predicted molar refractivity (Wildman–Crippen MR) is 183 cm³/mol. The molecule has 6 rings (SSSR count). The van der Waals surface area contributed by atoms with Crippen molar-refractivity contribution in [1.29, 1.82) is 0 Å². The van der Waals surface area contributed by atoms with Crippen molar-refractivity contribution in [3.8, 4) is 0 Å². The standard InChI is InChI=1S/C30H24P2.C7H7.BrH.Pd/c1-5-15-25(16-6-1)31(26-17-7-2-8-18-26)29-23-13-14-24-30(29)32(27-19-9-3-10-20-27)28-21-11-4-12-22-28;1-7-5-3-2-4-6-7;;/h1-24H;2-5H,1H3;1H;/q;-1;;+2/p-1. The quantitative estimate of drug-likeness (QED) is 0.0934. The van der Waals surface area contributed by atoms with E-state index in [9.17, 15) is 0 Å². The average molecular weight is 724 g/mol. The van der Waals surface area contributed by atoms with Gasteiger partial charge in [0.1, 0.15) is 0 Å². The fourth-order valence-electron chi connectivity index (χ4n) is 4.49. The van der Waals surface area contributed by atoms with Crippen molar-refractivity contribution in [2.75, 3.05) is 0 Å². The van der Waals surface area contributed by atoms with Gasteiger partial charge >= 0.3 is 30.6 Å². The molecule has 0 fully saturated rings. The Morgan fingerprint density at radius 2 is 0.707 bits per heavy atom. The van der Waals surface area contributed by atoms with Gasteiger partial charge in [0.25, 0.3) is 0 Å². The average Bonchev–Trinajstić information content (AvgIpc) is 3.06. The molecule has 206 valence electrons. The maximum atomic E-state index is 3.03. The fourth-order valence-corrected chi connectivity index (χ4v) is 9.76. The van der Waals surface area contributed by atoms with Crippen molar-refractivity contribution in [3.63, 3.8) is 0 Å². The zero-order valence-corrected chi connectivity index (χ0v) is 27.7. The van der Waals surface area contributed by atoms with Crippen LogP contribution in [0.1, 0.15) is 5.56 Å². The molecule has 41 heavy (non-hydrogen) atoms. The molecule has 0 saturated carbocycles. The Morgan fingerprint density at radius 1 is 0.415 bits per heavy atom. The summed E-state index contributed by atoms with van der Waals surface area (Å²) < 4.78 is 0. The zero-order valence-electron chi connectivity index (χ0n) is 22.8. The second-order valence-electron chi connectivity index (χ2n) is 9.05. The number of hydrogen-bond donors (Lipinski definition) is 0. The Hall–Kier alpha value is -2.68. The van der Waals surface area contributed by atoms with E-state index in [1.165, 1.54) is 37.4 Å². The Morgan fingerprint density at radius 3 is 0.951 bits per heavy atom. The largest absolute Gasteiger partial charge is 0.0622 e. The Bertz CT molecular complexity index is 1370. The van der Waals surface area contributed by atoms with Crippen molar-refractivity contribution in [2.24, 2.45) is 0 Å². The molecule has 0 bridgehead atoms. The van der Waals surface area contributed by atoms with Crippen LogP contribution in [0.15, 0.2) is 170 Å². The number of hydrogen-bond acceptors (Lipinski definition) is 0. The summed E-state index contributed by atoms with van der Waals surface area (Å²) >= 11 is 5.35. The van der Waals surface area contributed by atoms with E-state index in [-0.39, 0.29) is 0 Å². The van der Waals surface area contributed by atoms with Gasteiger partial charge in [-0.1, -0.05) is 153 Å². The van der Waals surface area contributed by atoms with E-state index >= 15 is 0 Å². The molecule has 0 aliphatic heterocycles. The van der Waals surface area contributed by atoms with Gasteiger partial charge in [-0.3, -0.25) is 0 Å². The van der Waals surface area contributed by atoms with Gasteiger partial charge in [0, 0.05) is 0 Å². The normalized spacial score (nSPS) is 10.3. The number of benzene rings is 6. The minimum Gasteiger partial charge on any atom is -0.0622 e. The monoisotopic (exact) mass is 722 g/mol. The van der Waals surface area contributed by atoms with Crippen molar-refractivity contribution >= 4 is 61.1 Å². The van der Waals surface area contributed by atoms with E-state index in [1.807, 2.05) is 31.2 Å². The first-order chi connectivity index (χ1) is 20.3. The summed E-state index contributed by atoms with van der Waals surface area (Å²) in [7, 11) is -1.33. The van der Waals surface area contributed by atoms with Crippen LogP contribution in [-0.4, -0.2) is 0 Å². The second-order valence-corrected chi connectivity index (χ2v) is 13.4. The zero-order chi connectivity index (χ0) is 28.7. The third-order valence-electron chi connectivity index (χ3n) is 6.29. The number of aryl methyl sites for hydroxylation is 1. The summed E-state index contributed by atoms with van der Waals surface area (Å²) in [4.78, 5) is 0. The van der Waals surface area contributed by atoms with E-state index < -0.39 is 15.8 Å². The summed E-state index contributed by atoms with van der Waals surface area (Å²) in [6.07, 6.45) is 0. The third kappa shape index (κ3) is 8.90. The van der Waals surface area contributed by atoms with Gasteiger partial charge < -0.3 is 0 Å². The summed E-state index contributed by atoms with van der Waals surface area (Å²) in [5.41, 5.74) is 1.20. The Labute approximate surface area is 265 Å². The molecule has 0 spiro atoms. The van der Waals surface area contributed by atoms with Gasteiger partial charge in [-0.05, 0) is 47.7 Å². The Kier molecular flexibility index (Phi) is 13.2. The van der Waals surface area contributed by atoms with E-state index in [0.717, 1.165) is 0 Å². The van der Waals surface area contributed by atoms with Gasteiger partial charge in [0.05, 0.1) is 0 Å². The van der Waals surface area contributed by atoms with Crippen LogP contribution < -0.4 is 31.8 Å². The van der Waals surface area contributed by atoms with Crippen LogP contribution >= 0.6 is 29.3 Å². The molecule has 0 aliphatic carbocycles. The molecule has 4 heteroatoms. The third-order valence-corrected chi connectivity index (χ3v) is 11.5. The molecular formula is C37H31BrP2Pd. The van der Waals surface area contributed by atoms with E-state index in [1.54, 1.807) is 0 Å². The van der Waals surface area contributed by atoms with Crippen LogP contribution in [0.4, 0.5) is 0 Å². The van der Waals surface area contributed by atoms with Gasteiger partial charge in [0.15, 0.2) is 0 Å². The van der Waals surface area contributed by atoms with Crippen LogP contribution in [0.2, 0.25) is 0 Å². The van der Waals surface area contributed by atoms with Crippen molar-refractivity contribution < 1.29 is 17.2 Å². The molecule has 6 aromatic carbocycles. The van der Waals surface area contributed by atoms with Crippen LogP contribution in [0.3, 0.4) is 0 Å². The molecule has 0 N–H and O–H groups in total. The van der Waals surface area contributed by atoms with Crippen LogP contribution in [0.5, 0.6) is 0 Å². The van der Waals surface area contributed by atoms with Gasteiger partial charge in [-0.25, -0.2) is 0 Å². The fraction of sp³-hybridized carbons (Fsp3) is 0.0270. The summed E-state index contributed by atoms with van der Waals surface area (Å²) in [6.45, 7) is 2.03. The molecule has 0 aliphatic rings. The molecule has 0 atom stereocenters. The summed E-state index contributed by atoms with van der Waals surface area (Å²) in [5.74, 6) is 0. The van der Waals surface area contributed by atoms with E-state index in [2.05, 4.69) is 182 Å². The Balaban J connectivity index is 0.000000372. The van der Waals surface area contributed by atoms with Gasteiger partial charge in [-0.15, -0.1) is 0 Å². The van der Waals surface area contributed by atoms with Gasteiger partial charge in [0.2, 0.25) is 0 Å². The second kappa shape index (κ2) is 17.3. The molecule has 6 aromatic rings. The predicted octanol–water partition coefficient (Wildman–Crippen LogP) is 7.84. The maximum Gasteiger partial charge on any atom is -0.00675 e.